The Hall–Kier alpha value is -2.93. The Labute approximate surface area is 155 Å². The second-order valence-electron chi connectivity index (χ2n) is 7.02. The van der Waals surface area contributed by atoms with Crippen molar-refractivity contribution in [3.05, 3.63) is 42.0 Å². The molecule has 1 fully saturated rings. The van der Waals surface area contributed by atoms with Crippen molar-refractivity contribution in [2.45, 2.75) is 31.3 Å². The number of carboxylic acids is 1. The lowest BCUT2D eigenvalue weighted by molar-refractivity contribution is -0.152. The number of nitrogens with zero attached hydrogens (tertiary/aromatic N) is 1. The highest BCUT2D eigenvalue weighted by Gasteiger charge is 2.44. The summed E-state index contributed by atoms with van der Waals surface area (Å²) >= 11 is 0. The molecule has 4 rings (SSSR count). The average Bonchev–Trinajstić information content (AvgIpc) is 2.96. The van der Waals surface area contributed by atoms with Crippen molar-refractivity contribution in [2.24, 2.45) is 0 Å². The monoisotopic (exact) mass is 368 g/mol. The van der Waals surface area contributed by atoms with Gasteiger partial charge in [-0.05, 0) is 24.4 Å². The van der Waals surface area contributed by atoms with Gasteiger partial charge < -0.3 is 15.2 Å². The normalized spacial score (nSPS) is 19.1. The number of hydrogen-bond donors (Lipinski definition) is 2. The molecule has 0 unspecified atom stereocenters. The number of carbonyl (C=O) groups is 3. The summed E-state index contributed by atoms with van der Waals surface area (Å²) in [6.45, 7) is 2.16. The van der Waals surface area contributed by atoms with Crippen LogP contribution < -0.4 is 10.2 Å². The van der Waals surface area contributed by atoms with E-state index in [1.165, 1.54) is 4.90 Å². The molecule has 1 saturated heterocycles. The standard InChI is InChI=1S/C20H20N2O5/c1-12(17(23)21-20(19(25)26)8-10-27-11-9-20)22-15-7-3-5-13-4-2-6-14(16(13)15)18(22)24/h2-7,12H,8-11H2,1H3,(H,21,23)(H,25,26)/t12-/m0/s1. The van der Waals surface area contributed by atoms with Crippen LogP contribution in [0.3, 0.4) is 0 Å². The highest BCUT2D eigenvalue weighted by Crippen LogP contribution is 2.38. The van der Waals surface area contributed by atoms with E-state index in [0.717, 1.165) is 10.8 Å². The van der Waals surface area contributed by atoms with E-state index in [9.17, 15) is 19.5 Å². The van der Waals surface area contributed by atoms with Gasteiger partial charge in [0.15, 0.2) is 0 Å². The molecule has 2 aromatic rings. The fourth-order valence-corrected chi connectivity index (χ4v) is 3.89. The number of amides is 2. The van der Waals surface area contributed by atoms with Crippen LogP contribution in [0.25, 0.3) is 10.8 Å². The van der Waals surface area contributed by atoms with Crippen LogP contribution in [0.15, 0.2) is 36.4 Å². The maximum atomic E-state index is 12.9. The van der Waals surface area contributed by atoms with Gasteiger partial charge in [-0.1, -0.05) is 24.3 Å². The Balaban J connectivity index is 1.64. The lowest BCUT2D eigenvalue weighted by atomic mass is 9.89. The second kappa shape index (κ2) is 6.35. The topological polar surface area (TPSA) is 95.9 Å². The Bertz CT molecular complexity index is 943. The molecule has 0 bridgehead atoms. The third-order valence-electron chi connectivity index (χ3n) is 5.48. The first-order valence-corrected chi connectivity index (χ1v) is 8.93. The molecule has 0 saturated carbocycles. The molecule has 2 aliphatic rings. The van der Waals surface area contributed by atoms with Crippen molar-refractivity contribution in [3.63, 3.8) is 0 Å². The number of rotatable bonds is 4. The highest BCUT2D eigenvalue weighted by atomic mass is 16.5. The van der Waals surface area contributed by atoms with Gasteiger partial charge in [-0.15, -0.1) is 0 Å². The average molecular weight is 368 g/mol. The van der Waals surface area contributed by atoms with Crippen LogP contribution in [0.5, 0.6) is 0 Å². The first-order valence-electron chi connectivity index (χ1n) is 8.93. The predicted molar refractivity (Wildman–Crippen MR) is 98.8 cm³/mol. The molecule has 27 heavy (non-hydrogen) atoms. The van der Waals surface area contributed by atoms with Crippen LogP contribution in [0.2, 0.25) is 0 Å². The summed E-state index contributed by atoms with van der Waals surface area (Å²) in [6, 6.07) is 10.2. The van der Waals surface area contributed by atoms with Crippen molar-refractivity contribution in [1.82, 2.24) is 5.32 Å². The first kappa shape index (κ1) is 17.5. The summed E-state index contributed by atoms with van der Waals surface area (Å²) in [7, 11) is 0. The molecule has 2 aromatic carbocycles. The minimum atomic E-state index is -1.36. The fraction of sp³-hybridized carbons (Fsp3) is 0.350. The second-order valence-corrected chi connectivity index (χ2v) is 7.02. The molecule has 2 heterocycles. The molecule has 0 aliphatic carbocycles. The lowest BCUT2D eigenvalue weighted by Gasteiger charge is -2.36. The van der Waals surface area contributed by atoms with Crippen molar-refractivity contribution < 1.29 is 24.2 Å². The van der Waals surface area contributed by atoms with Crippen molar-refractivity contribution >= 4 is 34.2 Å². The maximum absolute atomic E-state index is 12.9. The lowest BCUT2D eigenvalue weighted by Crippen LogP contribution is -2.61. The molecule has 140 valence electrons. The van der Waals surface area contributed by atoms with Gasteiger partial charge in [-0.2, -0.15) is 0 Å². The summed E-state index contributed by atoms with van der Waals surface area (Å²) in [6.07, 6.45) is 0.398. The van der Waals surface area contributed by atoms with Gasteiger partial charge >= 0.3 is 5.97 Å². The van der Waals surface area contributed by atoms with Crippen LogP contribution in [0.4, 0.5) is 5.69 Å². The fourth-order valence-electron chi connectivity index (χ4n) is 3.89. The molecule has 0 radical (unpaired) electrons. The largest absolute Gasteiger partial charge is 0.480 e. The smallest absolute Gasteiger partial charge is 0.329 e. The van der Waals surface area contributed by atoms with Crippen molar-refractivity contribution in [3.8, 4) is 0 Å². The Morgan fingerprint density at radius 3 is 2.52 bits per heavy atom. The minimum absolute atomic E-state index is 0.199. The molecule has 7 heteroatoms. The van der Waals surface area contributed by atoms with Crippen LogP contribution in [0.1, 0.15) is 30.1 Å². The van der Waals surface area contributed by atoms with E-state index < -0.39 is 23.5 Å². The van der Waals surface area contributed by atoms with E-state index >= 15 is 0 Å². The first-order chi connectivity index (χ1) is 12.9. The number of benzene rings is 2. The molecule has 0 aromatic heterocycles. The molecule has 1 atom stereocenters. The van der Waals surface area contributed by atoms with E-state index in [0.29, 0.717) is 11.3 Å². The van der Waals surface area contributed by atoms with Gasteiger partial charge in [0.05, 0.1) is 5.69 Å². The summed E-state index contributed by atoms with van der Waals surface area (Å²) < 4.78 is 5.24. The molecule has 2 amide bonds. The van der Waals surface area contributed by atoms with Crippen LogP contribution in [0, 0.1) is 0 Å². The van der Waals surface area contributed by atoms with Crippen molar-refractivity contribution in [1.29, 1.82) is 0 Å². The van der Waals surface area contributed by atoms with Gasteiger partial charge in [0.2, 0.25) is 5.91 Å². The number of carboxylic acid groups (broad SMARTS) is 1. The van der Waals surface area contributed by atoms with Gasteiger partial charge in [-0.25, -0.2) is 4.79 Å². The van der Waals surface area contributed by atoms with E-state index in [1.807, 2.05) is 30.3 Å². The van der Waals surface area contributed by atoms with Crippen LogP contribution in [-0.4, -0.2) is 47.7 Å². The Morgan fingerprint density at radius 2 is 1.85 bits per heavy atom. The summed E-state index contributed by atoms with van der Waals surface area (Å²) in [4.78, 5) is 39.1. The number of ether oxygens (including phenoxy) is 1. The molecule has 0 spiro atoms. The zero-order valence-corrected chi connectivity index (χ0v) is 14.9. The Morgan fingerprint density at radius 1 is 1.19 bits per heavy atom. The number of carbonyl (C=O) groups excluding carboxylic acids is 2. The molecule has 2 aliphatic heterocycles. The van der Waals surface area contributed by atoms with Gasteiger partial charge in [0.1, 0.15) is 11.6 Å². The maximum Gasteiger partial charge on any atom is 0.329 e. The summed E-state index contributed by atoms with van der Waals surface area (Å²) in [5, 5.41) is 14.1. The third kappa shape index (κ3) is 2.66. The predicted octanol–water partition coefficient (Wildman–Crippen LogP) is 1.94. The number of hydrogen-bond acceptors (Lipinski definition) is 4. The highest BCUT2D eigenvalue weighted by molar-refractivity contribution is 6.26. The van der Waals surface area contributed by atoms with E-state index in [-0.39, 0.29) is 32.0 Å². The molecule has 7 nitrogen and oxygen atoms in total. The number of anilines is 1. The SMILES string of the molecule is C[C@@H](C(=O)NC1(C(=O)O)CCOCC1)N1C(=O)c2cccc3cccc1c23. The van der Waals surface area contributed by atoms with Crippen LogP contribution in [-0.2, 0) is 14.3 Å². The van der Waals surface area contributed by atoms with E-state index in [1.54, 1.807) is 13.0 Å². The number of aliphatic carboxylic acids is 1. The van der Waals surface area contributed by atoms with Gasteiger partial charge in [0.25, 0.3) is 5.91 Å². The summed E-state index contributed by atoms with van der Waals surface area (Å²) in [5.74, 6) is -1.82. The summed E-state index contributed by atoms with van der Waals surface area (Å²) in [5.41, 5.74) is -0.125. The van der Waals surface area contributed by atoms with Crippen molar-refractivity contribution in [2.75, 3.05) is 18.1 Å². The van der Waals surface area contributed by atoms with E-state index in [4.69, 9.17) is 4.74 Å². The minimum Gasteiger partial charge on any atom is -0.480 e. The molecular formula is C20H20N2O5. The molecular weight excluding hydrogens is 348 g/mol. The van der Waals surface area contributed by atoms with E-state index in [2.05, 4.69) is 5.32 Å². The zero-order chi connectivity index (χ0) is 19.2. The number of nitrogens with one attached hydrogen (secondary N) is 1. The molecule has 2 N–H and O–H groups in total. The van der Waals surface area contributed by atoms with Gasteiger partial charge in [0, 0.05) is 37.0 Å². The van der Waals surface area contributed by atoms with Gasteiger partial charge in [-0.3, -0.25) is 14.5 Å². The zero-order valence-electron chi connectivity index (χ0n) is 14.9. The quantitative estimate of drug-likeness (QED) is 0.860. The van der Waals surface area contributed by atoms with Crippen LogP contribution >= 0.6 is 0 Å². The Kier molecular flexibility index (Phi) is 4.11. The third-order valence-corrected chi connectivity index (χ3v) is 5.48.